The van der Waals surface area contributed by atoms with Crippen LogP contribution in [0.15, 0.2) is 10.2 Å². The van der Waals surface area contributed by atoms with Gasteiger partial charge in [0.2, 0.25) is 5.12 Å². The molecule has 0 aromatic carbocycles. The van der Waals surface area contributed by atoms with Gasteiger partial charge in [-0.1, -0.05) is 61.2 Å². The molecular weight excluding hydrogens is 361 g/mol. The second-order valence-corrected chi connectivity index (χ2v) is 7.66. The fraction of sp³-hybridized carbons (Fsp3) is 0.615. The minimum absolute atomic E-state index is 0.0214. The first-order chi connectivity index (χ1) is 8.17. The molecule has 0 unspecified atom stereocenters. The SMILES string of the molecule is CC(=O)C[C@](C#N)(C/C=C/I)C(=O)SC(C)(C)C. The van der Waals surface area contributed by atoms with Gasteiger partial charge in [0.1, 0.15) is 11.2 Å². The molecule has 0 heterocycles. The van der Waals surface area contributed by atoms with Gasteiger partial charge in [-0.3, -0.25) is 9.59 Å². The Bertz CT molecular complexity index is 393. The summed E-state index contributed by atoms with van der Waals surface area (Å²) in [6, 6.07) is 2.06. The lowest BCUT2D eigenvalue weighted by Gasteiger charge is -2.26. The normalized spacial score (nSPS) is 15.1. The molecule has 100 valence electrons. The Morgan fingerprint density at radius 2 is 1.94 bits per heavy atom. The standard InChI is InChI=1S/C13H18INO2S/c1-10(16)8-13(9-15,6-5-7-14)11(17)18-12(2,3)4/h5,7H,6,8H2,1-4H3/b7-5+/t13-/m0/s1. The topological polar surface area (TPSA) is 57.9 Å². The van der Waals surface area contributed by atoms with E-state index in [0.717, 1.165) is 11.8 Å². The van der Waals surface area contributed by atoms with E-state index in [0.29, 0.717) is 0 Å². The van der Waals surface area contributed by atoms with E-state index in [1.165, 1.54) is 6.92 Å². The third-order valence-electron chi connectivity index (χ3n) is 2.11. The number of nitriles is 1. The minimum Gasteiger partial charge on any atom is -0.300 e. The molecule has 0 saturated heterocycles. The van der Waals surface area contributed by atoms with Crippen molar-refractivity contribution in [1.29, 1.82) is 5.26 Å². The number of rotatable bonds is 5. The van der Waals surface area contributed by atoms with E-state index in [-0.39, 0.29) is 28.5 Å². The van der Waals surface area contributed by atoms with Gasteiger partial charge in [0, 0.05) is 11.2 Å². The maximum atomic E-state index is 12.3. The lowest BCUT2D eigenvalue weighted by molar-refractivity contribution is -0.124. The largest absolute Gasteiger partial charge is 0.300 e. The van der Waals surface area contributed by atoms with Gasteiger partial charge in [-0.05, 0) is 17.4 Å². The van der Waals surface area contributed by atoms with Crippen LogP contribution in [-0.2, 0) is 9.59 Å². The van der Waals surface area contributed by atoms with Gasteiger partial charge in [0.05, 0.1) is 6.07 Å². The van der Waals surface area contributed by atoms with Crippen LogP contribution in [0, 0.1) is 16.7 Å². The smallest absolute Gasteiger partial charge is 0.210 e. The van der Waals surface area contributed by atoms with E-state index in [2.05, 4.69) is 6.07 Å². The molecule has 1 atom stereocenters. The second-order valence-electron chi connectivity index (χ2n) is 5.14. The van der Waals surface area contributed by atoms with Crippen LogP contribution >= 0.6 is 34.4 Å². The number of halogens is 1. The van der Waals surface area contributed by atoms with Crippen molar-refractivity contribution in [3.8, 4) is 6.07 Å². The first kappa shape index (κ1) is 17.6. The number of thioether (sulfide) groups is 1. The first-order valence-corrected chi connectivity index (χ1v) is 7.62. The van der Waals surface area contributed by atoms with E-state index in [1.807, 2.05) is 43.4 Å². The predicted octanol–water partition coefficient (Wildman–Crippen LogP) is 3.87. The predicted molar refractivity (Wildman–Crippen MR) is 83.5 cm³/mol. The summed E-state index contributed by atoms with van der Waals surface area (Å²) in [7, 11) is 0. The molecule has 0 spiro atoms. The van der Waals surface area contributed by atoms with Crippen LogP contribution in [0.4, 0.5) is 0 Å². The van der Waals surface area contributed by atoms with Crippen molar-refractivity contribution in [3.05, 3.63) is 10.2 Å². The van der Waals surface area contributed by atoms with Gasteiger partial charge in [-0.15, -0.1) is 0 Å². The highest BCUT2D eigenvalue weighted by molar-refractivity contribution is 14.1. The molecule has 0 amide bonds. The molecule has 0 aliphatic heterocycles. The Labute approximate surface area is 127 Å². The van der Waals surface area contributed by atoms with Gasteiger partial charge >= 0.3 is 0 Å². The number of hydrogen-bond donors (Lipinski definition) is 0. The summed E-state index contributed by atoms with van der Waals surface area (Å²) in [4.78, 5) is 23.6. The van der Waals surface area contributed by atoms with Gasteiger partial charge < -0.3 is 0 Å². The zero-order chi connectivity index (χ0) is 14.4. The number of ketones is 1. The number of Topliss-reactive ketones (excluding diaryl/α,β-unsaturated/α-hetero) is 1. The molecule has 0 bridgehead atoms. The lowest BCUT2D eigenvalue weighted by Crippen LogP contribution is -2.32. The monoisotopic (exact) mass is 379 g/mol. The van der Waals surface area contributed by atoms with Gasteiger partial charge in [0.15, 0.2) is 0 Å². The van der Waals surface area contributed by atoms with Crippen molar-refractivity contribution in [2.75, 3.05) is 0 Å². The van der Waals surface area contributed by atoms with E-state index >= 15 is 0 Å². The van der Waals surface area contributed by atoms with Crippen LogP contribution in [0.25, 0.3) is 0 Å². The fourth-order valence-corrected chi connectivity index (χ4v) is 2.61. The molecule has 0 fully saturated rings. The Morgan fingerprint density at radius 1 is 1.39 bits per heavy atom. The molecule has 0 aromatic heterocycles. The highest BCUT2D eigenvalue weighted by Gasteiger charge is 2.40. The van der Waals surface area contributed by atoms with E-state index in [1.54, 1.807) is 10.2 Å². The molecule has 0 aromatic rings. The summed E-state index contributed by atoms with van der Waals surface area (Å²) in [5.74, 6) is -0.138. The number of carbonyl (C=O) groups is 2. The van der Waals surface area contributed by atoms with Crippen LogP contribution in [0.2, 0.25) is 0 Å². The number of allylic oxidation sites excluding steroid dienone is 1. The highest BCUT2D eigenvalue weighted by atomic mass is 127. The molecule has 0 radical (unpaired) electrons. The summed E-state index contributed by atoms with van der Waals surface area (Å²) < 4.78 is 1.50. The van der Waals surface area contributed by atoms with Crippen LogP contribution < -0.4 is 0 Å². The molecule has 0 aliphatic rings. The molecule has 0 aliphatic carbocycles. The zero-order valence-corrected chi connectivity index (χ0v) is 14.1. The summed E-state index contributed by atoms with van der Waals surface area (Å²) in [6.07, 6.45) is 2.02. The van der Waals surface area contributed by atoms with Gasteiger partial charge in [-0.25, -0.2) is 0 Å². The maximum Gasteiger partial charge on any atom is 0.210 e. The van der Waals surface area contributed by atoms with Crippen molar-refractivity contribution in [1.82, 2.24) is 0 Å². The summed E-state index contributed by atoms with van der Waals surface area (Å²) in [5.41, 5.74) is -1.23. The number of carbonyl (C=O) groups excluding carboxylic acids is 2. The first-order valence-electron chi connectivity index (χ1n) is 5.56. The van der Waals surface area contributed by atoms with Gasteiger partial charge in [-0.2, -0.15) is 5.26 Å². The Balaban J connectivity index is 5.24. The quantitative estimate of drug-likeness (QED) is 0.681. The van der Waals surface area contributed by atoms with Crippen molar-refractivity contribution in [2.24, 2.45) is 5.41 Å². The third-order valence-corrected chi connectivity index (χ3v) is 3.81. The molecule has 5 heteroatoms. The molecule has 3 nitrogen and oxygen atoms in total. The Hall–Kier alpha value is -0.350. The molecule has 18 heavy (non-hydrogen) atoms. The summed E-state index contributed by atoms with van der Waals surface area (Å²) in [5, 5.41) is 9.13. The third kappa shape index (κ3) is 6.01. The molecule has 0 saturated carbocycles. The van der Waals surface area contributed by atoms with Crippen molar-refractivity contribution in [2.45, 2.75) is 45.3 Å². The van der Waals surface area contributed by atoms with Crippen LogP contribution in [-0.4, -0.2) is 15.6 Å². The summed E-state index contributed by atoms with van der Waals surface area (Å²) in [6.45, 7) is 7.16. The average Bonchev–Trinajstić information content (AvgIpc) is 2.21. The van der Waals surface area contributed by atoms with Crippen molar-refractivity contribution in [3.63, 3.8) is 0 Å². The molecular formula is C13H18INO2S. The van der Waals surface area contributed by atoms with E-state index in [9.17, 15) is 14.9 Å². The number of nitrogens with zero attached hydrogens (tertiary/aromatic N) is 1. The van der Waals surface area contributed by atoms with Crippen molar-refractivity contribution >= 4 is 45.3 Å². The lowest BCUT2D eigenvalue weighted by atomic mass is 9.82. The zero-order valence-electron chi connectivity index (χ0n) is 11.1. The van der Waals surface area contributed by atoms with Crippen molar-refractivity contribution < 1.29 is 9.59 Å². The molecule has 0 rings (SSSR count). The molecule has 0 N–H and O–H groups in total. The van der Waals surface area contributed by atoms with Crippen LogP contribution in [0.5, 0.6) is 0 Å². The van der Waals surface area contributed by atoms with Crippen LogP contribution in [0.3, 0.4) is 0 Å². The second kappa shape index (κ2) is 7.29. The maximum absolute atomic E-state index is 12.3. The van der Waals surface area contributed by atoms with E-state index < -0.39 is 5.41 Å². The Morgan fingerprint density at radius 3 is 2.28 bits per heavy atom. The fourth-order valence-electron chi connectivity index (χ4n) is 1.40. The van der Waals surface area contributed by atoms with E-state index in [4.69, 9.17) is 0 Å². The summed E-state index contributed by atoms with van der Waals surface area (Å²) >= 11 is 3.17. The van der Waals surface area contributed by atoms with Gasteiger partial charge in [0.25, 0.3) is 0 Å². The average molecular weight is 379 g/mol. The highest BCUT2D eigenvalue weighted by Crippen LogP contribution is 2.38. The van der Waals surface area contributed by atoms with Crippen LogP contribution in [0.1, 0.15) is 40.5 Å². The number of hydrogen-bond acceptors (Lipinski definition) is 4. The Kier molecular flexibility index (Phi) is 7.15. The minimum atomic E-state index is -1.23.